The summed E-state index contributed by atoms with van der Waals surface area (Å²) in [6.45, 7) is 6.71. The van der Waals surface area contributed by atoms with Crippen molar-refractivity contribution in [2.45, 2.75) is 71.4 Å². The summed E-state index contributed by atoms with van der Waals surface area (Å²) in [5.41, 5.74) is 1.14. The van der Waals surface area contributed by atoms with Crippen molar-refractivity contribution in [1.29, 1.82) is 0 Å². The fraction of sp³-hybridized carbons (Fsp3) is 0.812. The summed E-state index contributed by atoms with van der Waals surface area (Å²) in [6, 6.07) is 2.65. The quantitative estimate of drug-likeness (QED) is 0.882. The molecule has 0 saturated heterocycles. The predicted octanol–water partition coefficient (Wildman–Crippen LogP) is 3.58. The van der Waals surface area contributed by atoms with E-state index in [-0.39, 0.29) is 6.10 Å². The van der Waals surface area contributed by atoms with Crippen molar-refractivity contribution in [3.8, 4) is 0 Å². The van der Waals surface area contributed by atoms with Crippen molar-refractivity contribution in [3.63, 3.8) is 0 Å². The van der Waals surface area contributed by atoms with E-state index < -0.39 is 0 Å². The number of aliphatic hydroxyl groups is 1. The fourth-order valence-corrected chi connectivity index (χ4v) is 3.32. The summed E-state index contributed by atoms with van der Waals surface area (Å²) in [6.07, 6.45) is 8.42. The number of aromatic nitrogens is 2. The summed E-state index contributed by atoms with van der Waals surface area (Å²) in [5, 5.41) is 14.8. The Morgan fingerprint density at radius 3 is 2.79 bits per heavy atom. The Hall–Kier alpha value is -0.830. The Bertz CT molecular complexity index is 384. The summed E-state index contributed by atoms with van der Waals surface area (Å²) < 4.78 is 2.11. The predicted molar refractivity (Wildman–Crippen MR) is 78.1 cm³/mol. The highest BCUT2D eigenvalue weighted by Gasteiger charge is 2.27. The van der Waals surface area contributed by atoms with Gasteiger partial charge >= 0.3 is 0 Å². The average molecular weight is 264 g/mol. The highest BCUT2D eigenvalue weighted by atomic mass is 16.3. The molecule has 1 heterocycles. The van der Waals surface area contributed by atoms with Gasteiger partial charge in [0.2, 0.25) is 0 Å². The molecule has 0 spiro atoms. The lowest BCUT2D eigenvalue weighted by molar-refractivity contribution is 0.0514. The molecule has 0 aliphatic heterocycles. The lowest BCUT2D eigenvalue weighted by Crippen LogP contribution is -2.29. The summed E-state index contributed by atoms with van der Waals surface area (Å²) in [7, 11) is 0. The van der Waals surface area contributed by atoms with Gasteiger partial charge in [-0.15, -0.1) is 0 Å². The van der Waals surface area contributed by atoms with Gasteiger partial charge in [-0.1, -0.05) is 20.8 Å². The average Bonchev–Trinajstić information content (AvgIpc) is 2.84. The topological polar surface area (TPSA) is 38.0 Å². The Labute approximate surface area is 117 Å². The highest BCUT2D eigenvalue weighted by Crippen LogP contribution is 2.31. The summed E-state index contributed by atoms with van der Waals surface area (Å²) in [5.74, 6) is 1.14. The zero-order chi connectivity index (χ0) is 13.8. The van der Waals surface area contributed by atoms with Crippen molar-refractivity contribution >= 4 is 0 Å². The molecule has 1 N–H and O–H groups in total. The van der Waals surface area contributed by atoms with Crippen LogP contribution < -0.4 is 0 Å². The van der Waals surface area contributed by atoms with Crippen LogP contribution in [0.15, 0.2) is 12.3 Å². The number of hydrogen-bond donors (Lipinski definition) is 1. The molecular weight excluding hydrogens is 236 g/mol. The lowest BCUT2D eigenvalue weighted by atomic mass is 9.78. The van der Waals surface area contributed by atoms with Crippen LogP contribution in [-0.4, -0.2) is 21.0 Å². The monoisotopic (exact) mass is 264 g/mol. The van der Waals surface area contributed by atoms with Gasteiger partial charge in [-0.3, -0.25) is 4.68 Å². The van der Waals surface area contributed by atoms with Gasteiger partial charge in [0.05, 0.1) is 17.8 Å². The number of nitrogens with zero attached hydrogens (tertiary/aromatic N) is 2. The van der Waals surface area contributed by atoms with Gasteiger partial charge in [0.1, 0.15) is 0 Å². The van der Waals surface area contributed by atoms with Gasteiger partial charge in [0, 0.05) is 6.20 Å². The molecule has 1 saturated carbocycles. The minimum Gasteiger partial charge on any atom is -0.393 e. The number of hydrogen-bond acceptors (Lipinski definition) is 2. The third-order valence-electron chi connectivity index (χ3n) is 4.66. The van der Waals surface area contributed by atoms with Gasteiger partial charge < -0.3 is 5.11 Å². The second-order valence-corrected chi connectivity index (χ2v) is 6.21. The molecule has 2 rings (SSSR count). The molecule has 3 heteroatoms. The maximum Gasteiger partial charge on any atom is 0.0628 e. The van der Waals surface area contributed by atoms with Crippen LogP contribution in [0.5, 0.6) is 0 Å². The highest BCUT2D eigenvalue weighted by molar-refractivity contribution is 5.02. The molecule has 1 aromatic heterocycles. The molecule has 0 radical (unpaired) electrons. The molecule has 1 aromatic rings. The van der Waals surface area contributed by atoms with Crippen molar-refractivity contribution in [2.75, 3.05) is 0 Å². The largest absolute Gasteiger partial charge is 0.393 e. The number of rotatable bonds is 5. The minimum absolute atomic E-state index is 0.130. The molecule has 0 aromatic carbocycles. The third kappa shape index (κ3) is 3.59. The lowest BCUT2D eigenvalue weighted by Gasteiger charge is -2.31. The number of aliphatic hydroxyl groups excluding tert-OH is 1. The van der Waals surface area contributed by atoms with Crippen LogP contribution in [-0.2, 0) is 6.42 Å². The van der Waals surface area contributed by atoms with Crippen molar-refractivity contribution in [1.82, 2.24) is 9.78 Å². The Morgan fingerprint density at radius 1 is 1.37 bits per heavy atom. The zero-order valence-electron chi connectivity index (χ0n) is 12.5. The van der Waals surface area contributed by atoms with Crippen LogP contribution in [0.4, 0.5) is 0 Å². The molecule has 1 fully saturated rings. The van der Waals surface area contributed by atoms with Gasteiger partial charge in [-0.05, 0) is 56.4 Å². The fourth-order valence-electron chi connectivity index (χ4n) is 3.32. The molecule has 108 valence electrons. The van der Waals surface area contributed by atoms with Crippen LogP contribution in [0.25, 0.3) is 0 Å². The smallest absolute Gasteiger partial charge is 0.0628 e. The first-order chi connectivity index (χ1) is 9.13. The molecule has 0 bridgehead atoms. The van der Waals surface area contributed by atoms with E-state index in [1.165, 1.54) is 6.42 Å². The van der Waals surface area contributed by atoms with Gasteiger partial charge in [0.15, 0.2) is 0 Å². The zero-order valence-corrected chi connectivity index (χ0v) is 12.5. The summed E-state index contributed by atoms with van der Waals surface area (Å²) >= 11 is 0. The van der Waals surface area contributed by atoms with Crippen LogP contribution in [0.2, 0.25) is 0 Å². The van der Waals surface area contributed by atoms with Gasteiger partial charge in [0.25, 0.3) is 0 Å². The van der Waals surface area contributed by atoms with E-state index in [0.29, 0.717) is 12.0 Å². The summed E-state index contributed by atoms with van der Waals surface area (Å²) in [4.78, 5) is 0. The van der Waals surface area contributed by atoms with E-state index in [1.54, 1.807) is 0 Å². The normalized spacial score (nSPS) is 27.9. The molecular formula is C16H28N2O. The first-order valence-corrected chi connectivity index (χ1v) is 7.86. The van der Waals surface area contributed by atoms with Crippen LogP contribution >= 0.6 is 0 Å². The van der Waals surface area contributed by atoms with Gasteiger partial charge in [-0.25, -0.2) is 0 Å². The first kappa shape index (κ1) is 14.6. The first-order valence-electron chi connectivity index (χ1n) is 7.86. The van der Waals surface area contributed by atoms with E-state index in [1.807, 2.05) is 0 Å². The third-order valence-corrected chi connectivity index (χ3v) is 4.66. The van der Waals surface area contributed by atoms with Crippen molar-refractivity contribution in [3.05, 3.63) is 18.0 Å². The molecule has 19 heavy (non-hydrogen) atoms. The van der Waals surface area contributed by atoms with E-state index in [0.717, 1.165) is 43.7 Å². The molecule has 1 aliphatic carbocycles. The molecule has 3 nitrogen and oxygen atoms in total. The Kier molecular flexibility index (Phi) is 5.03. The molecule has 3 atom stereocenters. The second kappa shape index (κ2) is 6.56. The van der Waals surface area contributed by atoms with Crippen LogP contribution in [0.1, 0.15) is 64.6 Å². The van der Waals surface area contributed by atoms with Gasteiger partial charge in [-0.2, -0.15) is 5.10 Å². The molecule has 3 unspecified atom stereocenters. The second-order valence-electron chi connectivity index (χ2n) is 6.21. The Balaban J connectivity index is 1.99. The molecule has 1 aliphatic rings. The standard InChI is InChI=1S/C16H28N2O/c1-4-15(5-2)18-9-8-14(17-18)11-13-10-12(3)6-7-16(13)19/h8-9,12-13,15-16,19H,4-7,10-11H2,1-3H3. The maximum atomic E-state index is 10.1. The van der Waals surface area contributed by atoms with E-state index in [9.17, 15) is 5.11 Å². The van der Waals surface area contributed by atoms with Crippen molar-refractivity contribution in [2.24, 2.45) is 11.8 Å². The van der Waals surface area contributed by atoms with Crippen molar-refractivity contribution < 1.29 is 5.11 Å². The van der Waals surface area contributed by atoms with E-state index in [2.05, 4.69) is 37.7 Å². The van der Waals surface area contributed by atoms with Crippen LogP contribution in [0.3, 0.4) is 0 Å². The Morgan fingerprint density at radius 2 is 2.11 bits per heavy atom. The SMILES string of the molecule is CCC(CC)n1ccc(CC2CC(C)CCC2O)n1. The maximum absolute atomic E-state index is 10.1. The van der Waals surface area contributed by atoms with E-state index in [4.69, 9.17) is 5.10 Å². The minimum atomic E-state index is -0.130. The molecule has 0 amide bonds. The van der Waals surface area contributed by atoms with E-state index >= 15 is 0 Å². The van der Waals surface area contributed by atoms with Crippen LogP contribution in [0, 0.1) is 11.8 Å².